The summed E-state index contributed by atoms with van der Waals surface area (Å²) in [5.74, 6) is -1.89. The fourth-order valence-electron chi connectivity index (χ4n) is 1.60. The number of aliphatic carboxylic acids is 1. The maximum absolute atomic E-state index is 11.7. The first-order valence-corrected chi connectivity index (χ1v) is 4.77. The molecule has 2 bridgehead atoms. The third-order valence-corrected chi connectivity index (χ3v) is 2.40. The normalized spacial score (nSPS) is 14.1. The van der Waals surface area contributed by atoms with Crippen LogP contribution < -0.4 is 0 Å². The molecule has 1 aromatic rings. The van der Waals surface area contributed by atoms with Gasteiger partial charge >= 0.3 is 5.97 Å². The van der Waals surface area contributed by atoms with Crippen LogP contribution in [0.2, 0.25) is 0 Å². The van der Waals surface area contributed by atoms with E-state index in [0.717, 1.165) is 4.90 Å². The summed E-state index contributed by atoms with van der Waals surface area (Å²) in [5, 5.41) is 8.53. The van der Waals surface area contributed by atoms with E-state index in [2.05, 4.69) is 0 Å². The highest BCUT2D eigenvalue weighted by molar-refractivity contribution is 6.14. The van der Waals surface area contributed by atoms with Gasteiger partial charge in [0.15, 0.2) is 0 Å². The van der Waals surface area contributed by atoms with E-state index >= 15 is 0 Å². The zero-order valence-corrected chi connectivity index (χ0v) is 8.34. The van der Waals surface area contributed by atoms with Crippen molar-refractivity contribution >= 4 is 17.8 Å². The Morgan fingerprint density at radius 3 is 2.25 bits per heavy atom. The van der Waals surface area contributed by atoms with Crippen LogP contribution in [0.25, 0.3) is 0 Å². The number of amides is 2. The van der Waals surface area contributed by atoms with E-state index in [9.17, 15) is 14.4 Å². The molecule has 0 fully saturated rings. The Balaban J connectivity index is 2.26. The zero-order chi connectivity index (χ0) is 11.7. The van der Waals surface area contributed by atoms with Gasteiger partial charge in [-0.05, 0) is 18.2 Å². The minimum atomic E-state index is -1.03. The Bertz CT molecular complexity index is 449. The lowest BCUT2D eigenvalue weighted by Gasteiger charge is -2.24. The maximum Gasteiger partial charge on any atom is 0.305 e. The number of nitrogens with zero attached hydrogens (tertiary/aromatic N) is 1. The molecular formula is C11H9NO4. The summed E-state index contributed by atoms with van der Waals surface area (Å²) in [7, 11) is 0. The molecule has 0 radical (unpaired) electrons. The van der Waals surface area contributed by atoms with Crippen LogP contribution in [0.1, 0.15) is 27.1 Å². The molecule has 82 valence electrons. The quantitative estimate of drug-likeness (QED) is 0.761. The monoisotopic (exact) mass is 219 g/mol. The Labute approximate surface area is 91.3 Å². The summed E-state index contributed by atoms with van der Waals surface area (Å²) >= 11 is 0. The van der Waals surface area contributed by atoms with Gasteiger partial charge in [-0.15, -0.1) is 0 Å². The molecule has 1 N–H and O–H groups in total. The summed E-state index contributed by atoms with van der Waals surface area (Å²) in [6.07, 6.45) is -0.234. The third-order valence-electron chi connectivity index (χ3n) is 2.40. The molecule has 16 heavy (non-hydrogen) atoms. The molecule has 5 nitrogen and oxygen atoms in total. The van der Waals surface area contributed by atoms with Crippen LogP contribution in [-0.4, -0.2) is 34.3 Å². The van der Waals surface area contributed by atoms with Gasteiger partial charge in [0.25, 0.3) is 11.8 Å². The minimum absolute atomic E-state index is 0.0878. The Kier molecular flexibility index (Phi) is 2.44. The highest BCUT2D eigenvalue weighted by Gasteiger charge is 2.29. The first kappa shape index (κ1) is 10.4. The zero-order valence-electron chi connectivity index (χ0n) is 8.34. The van der Waals surface area contributed by atoms with E-state index in [1.54, 1.807) is 18.2 Å². The van der Waals surface area contributed by atoms with Gasteiger partial charge in [0.1, 0.15) is 0 Å². The lowest BCUT2D eigenvalue weighted by atomic mass is 10.0. The van der Waals surface area contributed by atoms with Gasteiger partial charge in [-0.1, -0.05) is 6.07 Å². The summed E-state index contributed by atoms with van der Waals surface area (Å²) < 4.78 is 0. The first-order valence-electron chi connectivity index (χ1n) is 4.77. The Morgan fingerprint density at radius 2 is 1.75 bits per heavy atom. The topological polar surface area (TPSA) is 74.7 Å². The average molecular weight is 219 g/mol. The summed E-state index contributed by atoms with van der Waals surface area (Å²) in [5.41, 5.74) is 0.838. The molecule has 1 aliphatic heterocycles. The number of imide groups is 1. The average Bonchev–Trinajstić information content (AvgIpc) is 2.27. The fourth-order valence-corrected chi connectivity index (χ4v) is 1.60. The molecule has 2 amide bonds. The predicted molar refractivity (Wildman–Crippen MR) is 54.1 cm³/mol. The molecule has 0 unspecified atom stereocenters. The van der Waals surface area contributed by atoms with Gasteiger partial charge in [0, 0.05) is 17.7 Å². The van der Waals surface area contributed by atoms with Crippen LogP contribution in [0.15, 0.2) is 24.3 Å². The van der Waals surface area contributed by atoms with Crippen molar-refractivity contribution in [2.75, 3.05) is 6.54 Å². The van der Waals surface area contributed by atoms with Crippen molar-refractivity contribution in [1.29, 1.82) is 0 Å². The van der Waals surface area contributed by atoms with Gasteiger partial charge in [0.2, 0.25) is 0 Å². The number of carboxylic acid groups (broad SMARTS) is 1. The number of carboxylic acids is 1. The van der Waals surface area contributed by atoms with Crippen LogP contribution in [0.4, 0.5) is 0 Å². The van der Waals surface area contributed by atoms with Crippen LogP contribution >= 0.6 is 0 Å². The summed E-state index contributed by atoms with van der Waals surface area (Å²) in [4.78, 5) is 34.8. The standard InChI is InChI=1S/C11H9NO4/c13-9(14)4-5-12-10(15)7-2-1-3-8(6-7)11(12)16/h1-3,6H,4-5H2,(H,13,14). The number of carbonyl (C=O) groups is 3. The minimum Gasteiger partial charge on any atom is -0.481 e. The third kappa shape index (κ3) is 1.67. The van der Waals surface area contributed by atoms with Gasteiger partial charge in [0.05, 0.1) is 6.42 Å². The highest BCUT2D eigenvalue weighted by Crippen LogP contribution is 2.18. The van der Waals surface area contributed by atoms with Crippen molar-refractivity contribution < 1.29 is 19.5 Å². The predicted octanol–water partition coefficient (Wildman–Crippen LogP) is 0.757. The highest BCUT2D eigenvalue weighted by atomic mass is 16.4. The second-order valence-corrected chi connectivity index (χ2v) is 3.49. The van der Waals surface area contributed by atoms with E-state index < -0.39 is 17.8 Å². The van der Waals surface area contributed by atoms with Gasteiger partial charge < -0.3 is 5.11 Å². The second kappa shape index (κ2) is 3.77. The van der Waals surface area contributed by atoms with E-state index in [-0.39, 0.29) is 13.0 Å². The Hall–Kier alpha value is -2.17. The summed E-state index contributed by atoms with van der Waals surface area (Å²) in [6.45, 7) is -0.0878. The molecule has 0 atom stereocenters. The van der Waals surface area contributed by atoms with Crippen LogP contribution in [0, 0.1) is 0 Å². The second-order valence-electron chi connectivity index (χ2n) is 3.49. The smallest absolute Gasteiger partial charge is 0.305 e. The molecule has 0 aliphatic carbocycles. The number of rotatable bonds is 3. The van der Waals surface area contributed by atoms with Crippen molar-refractivity contribution in [1.82, 2.24) is 4.90 Å². The number of hydrogen-bond acceptors (Lipinski definition) is 3. The Morgan fingerprint density at radius 1 is 1.19 bits per heavy atom. The van der Waals surface area contributed by atoms with Crippen molar-refractivity contribution in [2.24, 2.45) is 0 Å². The molecular weight excluding hydrogens is 210 g/mol. The number of fused-ring (bicyclic) bond motifs is 2. The molecule has 2 rings (SSSR count). The number of carbonyl (C=O) groups excluding carboxylic acids is 2. The van der Waals surface area contributed by atoms with E-state index in [4.69, 9.17) is 5.11 Å². The first-order chi connectivity index (χ1) is 7.59. The van der Waals surface area contributed by atoms with Crippen LogP contribution in [0.5, 0.6) is 0 Å². The molecule has 0 saturated heterocycles. The molecule has 1 heterocycles. The molecule has 1 aromatic carbocycles. The van der Waals surface area contributed by atoms with E-state index in [1.165, 1.54) is 6.07 Å². The van der Waals surface area contributed by atoms with Crippen molar-refractivity contribution in [2.45, 2.75) is 6.42 Å². The molecule has 0 saturated carbocycles. The van der Waals surface area contributed by atoms with Gasteiger partial charge in [-0.3, -0.25) is 19.3 Å². The lowest BCUT2D eigenvalue weighted by molar-refractivity contribution is -0.137. The van der Waals surface area contributed by atoms with Gasteiger partial charge in [-0.25, -0.2) is 0 Å². The lowest BCUT2D eigenvalue weighted by Crippen LogP contribution is -2.41. The van der Waals surface area contributed by atoms with Crippen LogP contribution in [0.3, 0.4) is 0 Å². The summed E-state index contributed by atoms with van der Waals surface area (Å²) in [6, 6.07) is 6.36. The van der Waals surface area contributed by atoms with Crippen LogP contribution in [-0.2, 0) is 4.79 Å². The largest absolute Gasteiger partial charge is 0.481 e. The van der Waals surface area contributed by atoms with Crippen molar-refractivity contribution in [3.63, 3.8) is 0 Å². The van der Waals surface area contributed by atoms with E-state index in [1.807, 2.05) is 0 Å². The van der Waals surface area contributed by atoms with Crippen molar-refractivity contribution in [3.8, 4) is 0 Å². The van der Waals surface area contributed by atoms with Crippen molar-refractivity contribution in [3.05, 3.63) is 35.4 Å². The van der Waals surface area contributed by atoms with Gasteiger partial charge in [-0.2, -0.15) is 0 Å². The molecule has 1 aliphatic rings. The molecule has 5 heteroatoms. The number of hydrogen-bond donors (Lipinski definition) is 1. The molecule has 0 spiro atoms. The number of benzene rings is 1. The van der Waals surface area contributed by atoms with E-state index in [0.29, 0.717) is 11.1 Å². The molecule has 0 aromatic heterocycles. The maximum atomic E-state index is 11.7. The SMILES string of the molecule is O=C(O)CCN1C(=O)c2cccc(c2)C1=O. The fraction of sp³-hybridized carbons (Fsp3) is 0.182.